The van der Waals surface area contributed by atoms with Crippen LogP contribution in [0.5, 0.6) is 0 Å². The van der Waals surface area contributed by atoms with Crippen LogP contribution in [-0.4, -0.2) is 16.3 Å². The number of halogens is 1. The van der Waals surface area contributed by atoms with E-state index >= 15 is 0 Å². The standard InChI is InChI=1S/C13H14BrN3/c1-9-3-2-4-10(7-9)17-13(14)11-8-15-6-5-12(11)16-17/h2-4,7,15H,5-6,8H2,1H3. The van der Waals surface area contributed by atoms with Gasteiger partial charge < -0.3 is 5.32 Å². The molecule has 88 valence electrons. The fraction of sp³-hybridized carbons (Fsp3) is 0.308. The first kappa shape index (κ1) is 11.0. The molecule has 3 nitrogen and oxygen atoms in total. The number of aryl methyl sites for hydroxylation is 1. The molecule has 0 radical (unpaired) electrons. The van der Waals surface area contributed by atoms with Gasteiger partial charge in [0.25, 0.3) is 0 Å². The monoisotopic (exact) mass is 291 g/mol. The molecular formula is C13H14BrN3. The van der Waals surface area contributed by atoms with Crippen LogP contribution in [0.3, 0.4) is 0 Å². The van der Waals surface area contributed by atoms with E-state index in [2.05, 4.69) is 52.4 Å². The summed E-state index contributed by atoms with van der Waals surface area (Å²) in [5.41, 5.74) is 4.86. The zero-order chi connectivity index (χ0) is 11.8. The molecule has 1 aromatic heterocycles. The largest absolute Gasteiger partial charge is 0.312 e. The van der Waals surface area contributed by atoms with Crippen molar-refractivity contribution in [3.8, 4) is 5.69 Å². The average molecular weight is 292 g/mol. The van der Waals surface area contributed by atoms with E-state index in [1.54, 1.807) is 0 Å². The van der Waals surface area contributed by atoms with Gasteiger partial charge in [-0.3, -0.25) is 0 Å². The van der Waals surface area contributed by atoms with Gasteiger partial charge in [-0.15, -0.1) is 0 Å². The lowest BCUT2D eigenvalue weighted by molar-refractivity contribution is 0.634. The molecule has 0 unspecified atom stereocenters. The summed E-state index contributed by atoms with van der Waals surface area (Å²) in [6.45, 7) is 4.02. The Balaban J connectivity index is 2.12. The number of benzene rings is 1. The summed E-state index contributed by atoms with van der Waals surface area (Å²) in [7, 11) is 0. The number of hydrogen-bond donors (Lipinski definition) is 1. The number of fused-ring (bicyclic) bond motifs is 1. The third-order valence-corrected chi connectivity index (χ3v) is 3.91. The van der Waals surface area contributed by atoms with Crippen LogP contribution in [0.25, 0.3) is 5.69 Å². The molecule has 4 heteroatoms. The predicted octanol–water partition coefficient (Wildman–Crippen LogP) is 2.59. The Hall–Kier alpha value is -1.13. The van der Waals surface area contributed by atoms with Crippen molar-refractivity contribution in [2.45, 2.75) is 19.9 Å². The molecule has 0 spiro atoms. The fourth-order valence-corrected chi connectivity index (χ4v) is 2.85. The Labute approximate surface area is 109 Å². The molecule has 3 rings (SSSR count). The summed E-state index contributed by atoms with van der Waals surface area (Å²) in [4.78, 5) is 0. The van der Waals surface area contributed by atoms with Gasteiger partial charge in [-0.1, -0.05) is 12.1 Å². The van der Waals surface area contributed by atoms with Crippen molar-refractivity contribution in [3.05, 3.63) is 45.7 Å². The highest BCUT2D eigenvalue weighted by molar-refractivity contribution is 9.10. The maximum Gasteiger partial charge on any atom is 0.114 e. The topological polar surface area (TPSA) is 29.9 Å². The van der Waals surface area contributed by atoms with Crippen molar-refractivity contribution in [2.75, 3.05) is 6.54 Å². The first-order valence-corrected chi connectivity index (χ1v) is 6.59. The SMILES string of the molecule is Cc1cccc(-n2nc3c(c2Br)CNCC3)c1. The highest BCUT2D eigenvalue weighted by Crippen LogP contribution is 2.26. The Kier molecular flexibility index (Phi) is 2.76. The predicted molar refractivity (Wildman–Crippen MR) is 71.4 cm³/mol. The van der Waals surface area contributed by atoms with Crippen LogP contribution in [0.1, 0.15) is 16.8 Å². The minimum atomic E-state index is 0.904. The lowest BCUT2D eigenvalue weighted by Crippen LogP contribution is -2.23. The zero-order valence-electron chi connectivity index (χ0n) is 9.70. The van der Waals surface area contributed by atoms with Crippen LogP contribution >= 0.6 is 15.9 Å². The summed E-state index contributed by atoms with van der Waals surface area (Å²) < 4.78 is 3.07. The molecule has 2 heterocycles. The summed E-state index contributed by atoms with van der Waals surface area (Å²) in [6, 6.07) is 8.40. The van der Waals surface area contributed by atoms with E-state index in [0.717, 1.165) is 29.8 Å². The van der Waals surface area contributed by atoms with Gasteiger partial charge in [0.15, 0.2) is 0 Å². The van der Waals surface area contributed by atoms with Gasteiger partial charge in [0, 0.05) is 25.1 Å². The van der Waals surface area contributed by atoms with Crippen LogP contribution < -0.4 is 5.32 Å². The Bertz CT molecular complexity index is 560. The van der Waals surface area contributed by atoms with E-state index in [1.807, 2.05) is 4.68 Å². The minimum Gasteiger partial charge on any atom is -0.312 e. The molecule has 0 saturated carbocycles. The van der Waals surface area contributed by atoms with Crippen molar-refractivity contribution in [3.63, 3.8) is 0 Å². The van der Waals surface area contributed by atoms with Crippen molar-refractivity contribution in [2.24, 2.45) is 0 Å². The Morgan fingerprint density at radius 2 is 2.29 bits per heavy atom. The third-order valence-electron chi connectivity index (χ3n) is 3.09. The molecular weight excluding hydrogens is 278 g/mol. The van der Waals surface area contributed by atoms with Gasteiger partial charge in [0.05, 0.1) is 11.4 Å². The van der Waals surface area contributed by atoms with Crippen LogP contribution in [0, 0.1) is 6.92 Å². The normalized spacial score (nSPS) is 14.7. The van der Waals surface area contributed by atoms with Crippen LogP contribution in [0.4, 0.5) is 0 Å². The fourth-order valence-electron chi connectivity index (χ4n) is 2.20. The van der Waals surface area contributed by atoms with Gasteiger partial charge in [0.1, 0.15) is 4.60 Å². The number of nitrogens with zero attached hydrogens (tertiary/aromatic N) is 2. The first-order valence-electron chi connectivity index (χ1n) is 5.80. The maximum atomic E-state index is 4.69. The zero-order valence-corrected chi connectivity index (χ0v) is 11.3. The maximum absolute atomic E-state index is 4.69. The van der Waals surface area contributed by atoms with E-state index in [0.29, 0.717) is 0 Å². The molecule has 0 saturated heterocycles. The first-order chi connectivity index (χ1) is 8.25. The summed E-state index contributed by atoms with van der Waals surface area (Å²) in [5.74, 6) is 0. The molecule has 0 amide bonds. The quantitative estimate of drug-likeness (QED) is 0.875. The minimum absolute atomic E-state index is 0.904. The molecule has 0 bridgehead atoms. The number of rotatable bonds is 1. The van der Waals surface area contributed by atoms with E-state index in [9.17, 15) is 0 Å². The Morgan fingerprint density at radius 1 is 1.41 bits per heavy atom. The summed E-state index contributed by atoms with van der Waals surface area (Å²) in [6.07, 6.45) is 1.01. The average Bonchev–Trinajstić information content (AvgIpc) is 2.68. The second kappa shape index (κ2) is 4.27. The number of nitrogens with one attached hydrogen (secondary N) is 1. The molecule has 1 aliphatic heterocycles. The van der Waals surface area contributed by atoms with Gasteiger partial charge in [-0.2, -0.15) is 5.10 Å². The van der Waals surface area contributed by atoms with E-state index in [-0.39, 0.29) is 0 Å². The van der Waals surface area contributed by atoms with Crippen molar-refractivity contribution >= 4 is 15.9 Å². The molecule has 0 atom stereocenters. The molecule has 1 N–H and O–H groups in total. The van der Waals surface area contributed by atoms with E-state index in [1.165, 1.54) is 16.8 Å². The van der Waals surface area contributed by atoms with Crippen molar-refractivity contribution in [1.82, 2.24) is 15.1 Å². The highest BCUT2D eigenvalue weighted by Gasteiger charge is 2.19. The van der Waals surface area contributed by atoms with Gasteiger partial charge in [-0.05, 0) is 40.5 Å². The molecule has 0 fully saturated rings. The molecule has 17 heavy (non-hydrogen) atoms. The van der Waals surface area contributed by atoms with Gasteiger partial charge in [-0.25, -0.2) is 4.68 Å². The third kappa shape index (κ3) is 1.91. The smallest absolute Gasteiger partial charge is 0.114 e. The molecule has 0 aliphatic carbocycles. The lowest BCUT2D eigenvalue weighted by atomic mass is 10.1. The lowest BCUT2D eigenvalue weighted by Gasteiger charge is -2.10. The Morgan fingerprint density at radius 3 is 3.06 bits per heavy atom. The second-order valence-corrected chi connectivity index (χ2v) is 5.14. The van der Waals surface area contributed by atoms with Crippen LogP contribution in [0.15, 0.2) is 28.9 Å². The highest BCUT2D eigenvalue weighted by atomic mass is 79.9. The van der Waals surface area contributed by atoms with E-state index in [4.69, 9.17) is 5.10 Å². The van der Waals surface area contributed by atoms with Gasteiger partial charge >= 0.3 is 0 Å². The van der Waals surface area contributed by atoms with Crippen LogP contribution in [-0.2, 0) is 13.0 Å². The van der Waals surface area contributed by atoms with E-state index < -0.39 is 0 Å². The summed E-state index contributed by atoms with van der Waals surface area (Å²) in [5, 5.41) is 8.07. The van der Waals surface area contributed by atoms with Crippen molar-refractivity contribution in [1.29, 1.82) is 0 Å². The number of hydrogen-bond acceptors (Lipinski definition) is 2. The van der Waals surface area contributed by atoms with Crippen LogP contribution in [0.2, 0.25) is 0 Å². The van der Waals surface area contributed by atoms with Crippen molar-refractivity contribution < 1.29 is 0 Å². The molecule has 2 aromatic rings. The van der Waals surface area contributed by atoms with Gasteiger partial charge in [0.2, 0.25) is 0 Å². The molecule has 1 aromatic carbocycles. The number of aromatic nitrogens is 2. The molecule has 1 aliphatic rings. The second-order valence-electron chi connectivity index (χ2n) is 4.39. The summed E-state index contributed by atoms with van der Waals surface area (Å²) >= 11 is 3.66.